The van der Waals surface area contributed by atoms with Gasteiger partial charge in [-0.25, -0.2) is 0 Å². The Morgan fingerprint density at radius 3 is 1.44 bits per heavy atom. The Kier molecular flexibility index (Phi) is 3.34. The maximum Gasteiger partial charge on any atom is 0.0607 e. The number of nitrogens with one attached hydrogen (secondary N) is 1. The molecule has 0 atom stereocenters. The molecule has 0 amide bonds. The van der Waals surface area contributed by atoms with Gasteiger partial charge in [0, 0.05) is 0 Å². The average molecular weight is 221 g/mol. The molecule has 0 heterocycles. The predicted molar refractivity (Wildman–Crippen MR) is 69.3 cm³/mol. The van der Waals surface area contributed by atoms with Crippen LogP contribution in [0.15, 0.2) is 18.2 Å². The summed E-state index contributed by atoms with van der Waals surface area (Å²) in [5, 5.41) is 9.07. The molecule has 0 aliphatic rings. The highest BCUT2D eigenvalue weighted by Crippen LogP contribution is 2.31. The summed E-state index contributed by atoms with van der Waals surface area (Å²) >= 11 is 0. The monoisotopic (exact) mass is 221 g/mol. The first-order valence-corrected chi connectivity index (χ1v) is 5.71. The fourth-order valence-corrected chi connectivity index (χ4v) is 1.56. The van der Waals surface area contributed by atoms with Gasteiger partial charge in [-0.2, -0.15) is 0 Å². The summed E-state index contributed by atoms with van der Waals surface area (Å²) in [6, 6.07) is 6.21. The van der Waals surface area contributed by atoms with Gasteiger partial charge in [0.2, 0.25) is 0 Å². The lowest BCUT2D eigenvalue weighted by Gasteiger charge is -2.25. The highest BCUT2D eigenvalue weighted by molar-refractivity contribution is 5.50. The minimum absolute atomic E-state index is 0.0901. The summed E-state index contributed by atoms with van der Waals surface area (Å²) in [4.78, 5) is 0. The average Bonchev–Trinajstić information content (AvgIpc) is 2.14. The number of hydrogen-bond acceptors (Lipinski definition) is 2. The second-order valence-electron chi connectivity index (χ2n) is 6.41. The molecule has 2 heteroatoms. The van der Waals surface area contributed by atoms with E-state index in [9.17, 15) is 0 Å². The molecule has 16 heavy (non-hydrogen) atoms. The van der Waals surface area contributed by atoms with E-state index in [4.69, 9.17) is 5.21 Å². The van der Waals surface area contributed by atoms with Crippen molar-refractivity contribution >= 4 is 5.69 Å². The maximum absolute atomic E-state index is 9.07. The lowest BCUT2D eigenvalue weighted by atomic mass is 9.80. The van der Waals surface area contributed by atoms with Gasteiger partial charge < -0.3 is 0 Å². The zero-order chi connectivity index (χ0) is 12.6. The van der Waals surface area contributed by atoms with Gasteiger partial charge in [-0.05, 0) is 34.1 Å². The molecule has 90 valence electrons. The minimum Gasteiger partial charge on any atom is -0.291 e. The summed E-state index contributed by atoms with van der Waals surface area (Å²) in [6.07, 6.45) is 0. The highest BCUT2D eigenvalue weighted by atomic mass is 16.5. The molecule has 2 nitrogen and oxygen atoms in total. The van der Waals surface area contributed by atoms with Crippen LogP contribution in [0.3, 0.4) is 0 Å². The summed E-state index contributed by atoms with van der Waals surface area (Å²) in [7, 11) is 0. The van der Waals surface area contributed by atoms with Gasteiger partial charge in [0.1, 0.15) is 0 Å². The second-order valence-corrected chi connectivity index (χ2v) is 6.41. The van der Waals surface area contributed by atoms with Crippen LogP contribution in [-0.4, -0.2) is 5.21 Å². The number of anilines is 1. The van der Waals surface area contributed by atoms with E-state index in [1.807, 2.05) is 12.1 Å². The van der Waals surface area contributed by atoms with Crippen LogP contribution < -0.4 is 5.48 Å². The van der Waals surface area contributed by atoms with Crippen molar-refractivity contribution in [2.75, 3.05) is 5.48 Å². The van der Waals surface area contributed by atoms with Gasteiger partial charge in [-0.3, -0.25) is 10.7 Å². The summed E-state index contributed by atoms with van der Waals surface area (Å²) in [5.74, 6) is 0. The standard InChI is InChI=1S/C14H23NO/c1-13(2,3)10-7-11(14(4,5)6)9-12(8-10)15-16/h7-9,15-16H,1-6H3. The van der Waals surface area contributed by atoms with Crippen molar-refractivity contribution in [3.8, 4) is 0 Å². The lowest BCUT2D eigenvalue weighted by molar-refractivity contribution is 0.388. The van der Waals surface area contributed by atoms with Gasteiger partial charge in [-0.1, -0.05) is 47.6 Å². The number of rotatable bonds is 1. The molecule has 0 unspecified atom stereocenters. The van der Waals surface area contributed by atoms with Crippen molar-refractivity contribution in [3.63, 3.8) is 0 Å². The molecule has 1 aromatic rings. The predicted octanol–water partition coefficient (Wildman–Crippen LogP) is 4.08. The SMILES string of the molecule is CC(C)(C)c1cc(NO)cc(C(C)(C)C)c1. The minimum atomic E-state index is 0.0901. The van der Waals surface area contributed by atoms with E-state index in [2.05, 4.69) is 53.1 Å². The van der Waals surface area contributed by atoms with Crippen molar-refractivity contribution in [1.29, 1.82) is 0 Å². The molecule has 0 radical (unpaired) electrons. The normalized spacial score (nSPS) is 12.7. The van der Waals surface area contributed by atoms with Gasteiger partial charge in [-0.15, -0.1) is 0 Å². The number of hydrogen-bond donors (Lipinski definition) is 2. The van der Waals surface area contributed by atoms with Gasteiger partial charge in [0.05, 0.1) is 5.69 Å². The Bertz CT molecular complexity index is 337. The fourth-order valence-electron chi connectivity index (χ4n) is 1.56. The molecule has 0 fully saturated rings. The van der Waals surface area contributed by atoms with E-state index in [1.54, 1.807) is 0 Å². The van der Waals surface area contributed by atoms with Gasteiger partial charge in [0.25, 0.3) is 0 Å². The second kappa shape index (κ2) is 4.10. The molecular formula is C14H23NO. The Morgan fingerprint density at radius 2 is 1.19 bits per heavy atom. The van der Waals surface area contributed by atoms with Crippen LogP contribution in [0, 0.1) is 0 Å². The molecule has 0 aliphatic carbocycles. The van der Waals surface area contributed by atoms with E-state index in [-0.39, 0.29) is 10.8 Å². The lowest BCUT2D eigenvalue weighted by Crippen LogP contribution is -2.16. The Morgan fingerprint density at radius 1 is 0.812 bits per heavy atom. The first-order valence-electron chi connectivity index (χ1n) is 5.71. The fraction of sp³-hybridized carbons (Fsp3) is 0.571. The molecule has 0 bridgehead atoms. The molecule has 1 aromatic carbocycles. The first kappa shape index (κ1) is 13.0. The van der Waals surface area contributed by atoms with Crippen LogP contribution in [0.4, 0.5) is 5.69 Å². The van der Waals surface area contributed by atoms with Crippen LogP contribution in [0.5, 0.6) is 0 Å². The third-order valence-electron chi connectivity index (χ3n) is 2.79. The third-order valence-corrected chi connectivity index (χ3v) is 2.79. The van der Waals surface area contributed by atoms with Crippen LogP contribution in [0.1, 0.15) is 52.7 Å². The molecule has 0 saturated heterocycles. The van der Waals surface area contributed by atoms with E-state index in [1.165, 1.54) is 11.1 Å². The van der Waals surface area contributed by atoms with Crippen LogP contribution >= 0.6 is 0 Å². The van der Waals surface area contributed by atoms with Crippen LogP contribution in [-0.2, 0) is 10.8 Å². The quantitative estimate of drug-likeness (QED) is 0.700. The topological polar surface area (TPSA) is 32.3 Å². The molecule has 0 saturated carbocycles. The van der Waals surface area contributed by atoms with Crippen molar-refractivity contribution in [3.05, 3.63) is 29.3 Å². The van der Waals surface area contributed by atoms with Crippen molar-refractivity contribution in [1.82, 2.24) is 0 Å². The van der Waals surface area contributed by atoms with E-state index < -0.39 is 0 Å². The zero-order valence-electron chi connectivity index (χ0n) is 11.2. The van der Waals surface area contributed by atoms with Gasteiger partial charge in [0.15, 0.2) is 0 Å². The molecule has 2 N–H and O–H groups in total. The molecule has 0 spiro atoms. The maximum atomic E-state index is 9.07. The van der Waals surface area contributed by atoms with E-state index in [0.29, 0.717) is 0 Å². The summed E-state index contributed by atoms with van der Waals surface area (Å²) in [6.45, 7) is 13.1. The van der Waals surface area contributed by atoms with Crippen molar-refractivity contribution in [2.24, 2.45) is 0 Å². The summed E-state index contributed by atoms with van der Waals surface area (Å²) < 4.78 is 0. The summed E-state index contributed by atoms with van der Waals surface area (Å²) in [5.41, 5.74) is 5.66. The largest absolute Gasteiger partial charge is 0.291 e. The molecule has 1 rings (SSSR count). The Labute approximate surface area is 98.6 Å². The Hall–Kier alpha value is -1.02. The van der Waals surface area contributed by atoms with Crippen molar-refractivity contribution < 1.29 is 5.21 Å². The smallest absolute Gasteiger partial charge is 0.0607 e. The van der Waals surface area contributed by atoms with E-state index >= 15 is 0 Å². The first-order chi connectivity index (χ1) is 7.14. The van der Waals surface area contributed by atoms with E-state index in [0.717, 1.165) is 5.69 Å². The zero-order valence-corrected chi connectivity index (χ0v) is 11.2. The molecular weight excluding hydrogens is 198 g/mol. The van der Waals surface area contributed by atoms with Crippen molar-refractivity contribution in [2.45, 2.75) is 52.4 Å². The highest BCUT2D eigenvalue weighted by Gasteiger charge is 2.20. The Balaban J connectivity index is 3.33. The van der Waals surface area contributed by atoms with Gasteiger partial charge >= 0.3 is 0 Å². The molecule has 0 aromatic heterocycles. The van der Waals surface area contributed by atoms with Crippen LogP contribution in [0.2, 0.25) is 0 Å². The molecule has 0 aliphatic heterocycles. The third kappa shape index (κ3) is 2.99. The number of benzene rings is 1. The van der Waals surface area contributed by atoms with Crippen LogP contribution in [0.25, 0.3) is 0 Å².